The summed E-state index contributed by atoms with van der Waals surface area (Å²) in [5.74, 6) is 1.71. The third-order valence-electron chi connectivity index (χ3n) is 5.93. The van der Waals surface area contributed by atoms with Crippen molar-refractivity contribution in [3.8, 4) is 11.5 Å². The number of hydrogen-bond acceptors (Lipinski definition) is 7. The van der Waals surface area contributed by atoms with Crippen LogP contribution in [0.2, 0.25) is 0 Å². The summed E-state index contributed by atoms with van der Waals surface area (Å²) in [6.45, 7) is 7.17. The van der Waals surface area contributed by atoms with E-state index < -0.39 is 0 Å². The van der Waals surface area contributed by atoms with E-state index in [2.05, 4.69) is 25.0 Å². The first-order valence-corrected chi connectivity index (χ1v) is 10.3. The van der Waals surface area contributed by atoms with Crippen LogP contribution in [0.15, 0.2) is 34.9 Å². The SMILES string of the molecule is Cc1cc(C)nc(N2CC3CCC2CN3C(=O)c2ccccc2-c2nc(C)no2)n1. The van der Waals surface area contributed by atoms with Crippen LogP contribution in [0.25, 0.3) is 11.5 Å². The number of piperazine rings is 1. The number of anilines is 1. The van der Waals surface area contributed by atoms with Crippen molar-refractivity contribution in [3.05, 3.63) is 53.1 Å². The smallest absolute Gasteiger partial charge is 0.258 e. The summed E-state index contributed by atoms with van der Waals surface area (Å²) in [4.78, 5) is 31.4. The molecule has 3 saturated heterocycles. The Morgan fingerprint density at radius 2 is 1.73 bits per heavy atom. The molecule has 0 aliphatic carbocycles. The van der Waals surface area contributed by atoms with Crippen molar-refractivity contribution >= 4 is 11.9 Å². The van der Waals surface area contributed by atoms with Crippen LogP contribution in [0.5, 0.6) is 0 Å². The van der Waals surface area contributed by atoms with Crippen molar-refractivity contribution in [2.24, 2.45) is 0 Å². The highest BCUT2D eigenvalue weighted by Crippen LogP contribution is 2.33. The molecule has 3 aliphatic heterocycles. The molecule has 1 amide bonds. The second-order valence-corrected chi connectivity index (χ2v) is 8.14. The molecule has 2 unspecified atom stereocenters. The minimum Gasteiger partial charge on any atom is -0.334 e. The van der Waals surface area contributed by atoms with Crippen molar-refractivity contribution in [2.75, 3.05) is 18.0 Å². The quantitative estimate of drug-likeness (QED) is 0.663. The van der Waals surface area contributed by atoms with Gasteiger partial charge in [0, 0.05) is 36.6 Å². The summed E-state index contributed by atoms with van der Waals surface area (Å²) in [6, 6.07) is 9.78. The third kappa shape index (κ3) is 3.22. The predicted molar refractivity (Wildman–Crippen MR) is 111 cm³/mol. The van der Waals surface area contributed by atoms with Crippen LogP contribution in [0.3, 0.4) is 0 Å². The normalized spacial score (nSPS) is 20.6. The summed E-state index contributed by atoms with van der Waals surface area (Å²) < 4.78 is 5.33. The van der Waals surface area contributed by atoms with Gasteiger partial charge in [-0.05, 0) is 51.8 Å². The molecule has 0 N–H and O–H groups in total. The zero-order valence-corrected chi connectivity index (χ0v) is 17.4. The van der Waals surface area contributed by atoms with E-state index in [1.807, 2.05) is 49.1 Å². The molecule has 8 nitrogen and oxygen atoms in total. The molecule has 30 heavy (non-hydrogen) atoms. The van der Waals surface area contributed by atoms with E-state index in [-0.39, 0.29) is 18.0 Å². The number of amides is 1. The number of carbonyl (C=O) groups excluding carboxylic acids is 1. The summed E-state index contributed by atoms with van der Waals surface area (Å²) in [7, 11) is 0. The second-order valence-electron chi connectivity index (χ2n) is 8.14. The number of carbonyl (C=O) groups is 1. The lowest BCUT2D eigenvalue weighted by Crippen LogP contribution is -2.64. The van der Waals surface area contributed by atoms with Gasteiger partial charge in [0.25, 0.3) is 11.8 Å². The highest BCUT2D eigenvalue weighted by molar-refractivity contribution is 6.00. The molecule has 2 bridgehead atoms. The molecule has 0 radical (unpaired) electrons. The van der Waals surface area contributed by atoms with Crippen molar-refractivity contribution in [1.29, 1.82) is 0 Å². The predicted octanol–water partition coefficient (Wildman–Crippen LogP) is 2.95. The summed E-state index contributed by atoms with van der Waals surface area (Å²) >= 11 is 0. The number of fused-ring (bicyclic) bond motifs is 3. The first kappa shape index (κ1) is 18.7. The molecule has 2 aromatic heterocycles. The minimum atomic E-state index is 0.0112. The molecule has 3 aromatic rings. The molecule has 2 atom stereocenters. The molecule has 0 saturated carbocycles. The van der Waals surface area contributed by atoms with Gasteiger partial charge < -0.3 is 14.3 Å². The van der Waals surface area contributed by atoms with Crippen LogP contribution in [0.4, 0.5) is 5.95 Å². The Labute approximate surface area is 174 Å². The largest absolute Gasteiger partial charge is 0.334 e. The van der Waals surface area contributed by atoms with Gasteiger partial charge in [-0.3, -0.25) is 4.79 Å². The van der Waals surface area contributed by atoms with Gasteiger partial charge in [-0.2, -0.15) is 4.98 Å². The summed E-state index contributed by atoms with van der Waals surface area (Å²) in [5.41, 5.74) is 3.22. The molecule has 154 valence electrons. The fourth-order valence-corrected chi connectivity index (χ4v) is 4.58. The Kier molecular flexibility index (Phi) is 4.49. The van der Waals surface area contributed by atoms with Crippen LogP contribution < -0.4 is 4.90 Å². The van der Waals surface area contributed by atoms with Crippen molar-refractivity contribution in [2.45, 2.75) is 45.7 Å². The lowest BCUT2D eigenvalue weighted by Gasteiger charge is -2.51. The van der Waals surface area contributed by atoms with E-state index in [1.165, 1.54) is 0 Å². The van der Waals surface area contributed by atoms with E-state index in [0.29, 0.717) is 29.4 Å². The Morgan fingerprint density at radius 1 is 1.00 bits per heavy atom. The number of nitrogens with zero attached hydrogens (tertiary/aromatic N) is 6. The van der Waals surface area contributed by atoms with Gasteiger partial charge >= 0.3 is 0 Å². The molecule has 3 aliphatic rings. The van der Waals surface area contributed by atoms with Crippen molar-refractivity contribution in [1.82, 2.24) is 25.0 Å². The first-order chi connectivity index (χ1) is 14.5. The topological polar surface area (TPSA) is 88.3 Å². The zero-order chi connectivity index (χ0) is 20.8. The Balaban J connectivity index is 1.42. The summed E-state index contributed by atoms with van der Waals surface area (Å²) in [6.07, 6.45) is 2.02. The molecule has 3 fully saturated rings. The van der Waals surface area contributed by atoms with Crippen LogP contribution in [0, 0.1) is 20.8 Å². The summed E-state index contributed by atoms with van der Waals surface area (Å²) in [5, 5.41) is 3.87. The van der Waals surface area contributed by atoms with Gasteiger partial charge in [0.05, 0.1) is 11.1 Å². The Hall–Kier alpha value is -3.29. The number of hydrogen-bond donors (Lipinski definition) is 0. The third-order valence-corrected chi connectivity index (χ3v) is 5.93. The maximum Gasteiger partial charge on any atom is 0.258 e. The fraction of sp³-hybridized carbons (Fsp3) is 0.409. The van der Waals surface area contributed by atoms with Crippen LogP contribution in [-0.4, -0.2) is 56.1 Å². The Morgan fingerprint density at radius 3 is 2.40 bits per heavy atom. The number of benzene rings is 1. The van der Waals surface area contributed by atoms with Crippen LogP contribution in [0.1, 0.15) is 40.4 Å². The highest BCUT2D eigenvalue weighted by atomic mass is 16.5. The second kappa shape index (κ2) is 7.19. The Bertz CT molecular complexity index is 1090. The lowest BCUT2D eigenvalue weighted by molar-refractivity contribution is 0.0503. The van der Waals surface area contributed by atoms with E-state index in [4.69, 9.17) is 4.52 Å². The molecule has 8 heteroatoms. The number of piperidine rings is 2. The van der Waals surface area contributed by atoms with Gasteiger partial charge in [-0.25, -0.2) is 9.97 Å². The van der Waals surface area contributed by atoms with Gasteiger partial charge in [0.2, 0.25) is 5.95 Å². The van der Waals surface area contributed by atoms with Gasteiger partial charge in [-0.15, -0.1) is 0 Å². The number of aryl methyl sites for hydroxylation is 3. The number of rotatable bonds is 3. The fourth-order valence-electron chi connectivity index (χ4n) is 4.58. The number of aromatic nitrogens is 4. The first-order valence-electron chi connectivity index (χ1n) is 10.3. The molecular weight excluding hydrogens is 380 g/mol. The van der Waals surface area contributed by atoms with Crippen molar-refractivity contribution < 1.29 is 9.32 Å². The molecule has 1 aromatic carbocycles. The maximum atomic E-state index is 13.5. The highest BCUT2D eigenvalue weighted by Gasteiger charge is 2.42. The van der Waals surface area contributed by atoms with Crippen molar-refractivity contribution in [3.63, 3.8) is 0 Å². The van der Waals surface area contributed by atoms with Gasteiger partial charge in [0.1, 0.15) is 0 Å². The van der Waals surface area contributed by atoms with Crippen LogP contribution >= 0.6 is 0 Å². The van der Waals surface area contributed by atoms with Gasteiger partial charge in [-0.1, -0.05) is 17.3 Å². The van der Waals surface area contributed by atoms with E-state index in [1.54, 1.807) is 6.92 Å². The van der Waals surface area contributed by atoms with Crippen LogP contribution in [-0.2, 0) is 0 Å². The molecule has 6 rings (SSSR count). The average molecular weight is 404 g/mol. The minimum absolute atomic E-state index is 0.0112. The van der Waals surface area contributed by atoms with E-state index in [0.717, 1.165) is 36.7 Å². The lowest BCUT2D eigenvalue weighted by atomic mass is 9.90. The molecular formula is C22H24N6O2. The average Bonchev–Trinajstić information content (AvgIpc) is 3.19. The standard InChI is InChI=1S/C22H24N6O2/c1-13-10-14(2)24-22(23-13)28-12-16-8-9-17(28)11-27(16)21(29)19-7-5-4-6-18(19)20-25-15(3)26-30-20/h4-7,10,16-17H,8-9,11-12H2,1-3H3. The zero-order valence-electron chi connectivity index (χ0n) is 17.4. The van der Waals surface area contributed by atoms with Gasteiger partial charge in [0.15, 0.2) is 5.82 Å². The molecule has 0 spiro atoms. The van der Waals surface area contributed by atoms with E-state index in [9.17, 15) is 4.79 Å². The van der Waals surface area contributed by atoms with E-state index >= 15 is 0 Å². The monoisotopic (exact) mass is 404 g/mol. The molecule has 5 heterocycles. The maximum absolute atomic E-state index is 13.5.